The second-order valence-electron chi connectivity index (χ2n) is 5.54. The molecule has 1 aliphatic rings. The first-order valence-electron chi connectivity index (χ1n) is 7.46. The summed E-state index contributed by atoms with van der Waals surface area (Å²) in [7, 11) is 0. The van der Waals surface area contributed by atoms with E-state index in [0.29, 0.717) is 16.1 Å². The van der Waals surface area contributed by atoms with Crippen LogP contribution in [0, 0.1) is 6.92 Å². The van der Waals surface area contributed by atoms with E-state index in [9.17, 15) is 0 Å². The Hall–Kier alpha value is -0.840. The lowest BCUT2D eigenvalue weighted by molar-refractivity contribution is 0.434. The number of pyridine rings is 1. The summed E-state index contributed by atoms with van der Waals surface area (Å²) >= 11 is 13.6. The van der Waals surface area contributed by atoms with Gasteiger partial charge in [0.15, 0.2) is 0 Å². The Bertz CT molecular complexity index is 672. The molecule has 1 aliphatic carbocycles. The molecule has 0 N–H and O–H groups in total. The fraction of sp³-hybridized carbons (Fsp3) is 0.438. The van der Waals surface area contributed by atoms with Crippen LogP contribution in [0.25, 0.3) is 0 Å². The number of hydrogen-bond acceptors (Lipinski definition) is 4. The van der Waals surface area contributed by atoms with Crippen LogP contribution in [0.5, 0.6) is 0 Å². The van der Waals surface area contributed by atoms with E-state index < -0.39 is 0 Å². The van der Waals surface area contributed by atoms with E-state index >= 15 is 0 Å². The molecule has 0 aliphatic heterocycles. The lowest BCUT2D eigenvalue weighted by Gasteiger charge is -2.21. The van der Waals surface area contributed by atoms with Crippen LogP contribution in [0.2, 0.25) is 10.2 Å². The number of rotatable bonds is 3. The van der Waals surface area contributed by atoms with E-state index in [0.717, 1.165) is 21.3 Å². The van der Waals surface area contributed by atoms with Crippen LogP contribution in [0.15, 0.2) is 28.4 Å². The Kier molecular flexibility index (Phi) is 5.21. The van der Waals surface area contributed by atoms with E-state index in [1.54, 1.807) is 6.20 Å². The van der Waals surface area contributed by atoms with Gasteiger partial charge in [-0.1, -0.05) is 54.2 Å². The molecule has 2 aromatic heterocycles. The Morgan fingerprint density at radius 1 is 1.14 bits per heavy atom. The summed E-state index contributed by atoms with van der Waals surface area (Å²) < 4.78 is 0. The fourth-order valence-corrected chi connectivity index (χ4v) is 4.03. The Morgan fingerprint density at radius 3 is 2.64 bits per heavy atom. The van der Waals surface area contributed by atoms with E-state index in [1.165, 1.54) is 43.9 Å². The van der Waals surface area contributed by atoms with Crippen molar-refractivity contribution in [1.82, 2.24) is 15.0 Å². The third kappa shape index (κ3) is 3.55. The highest BCUT2D eigenvalue weighted by Crippen LogP contribution is 2.37. The predicted octanol–water partition coefficient (Wildman–Crippen LogP) is 5.69. The van der Waals surface area contributed by atoms with Gasteiger partial charge in [0.2, 0.25) is 0 Å². The number of hydrogen-bond donors (Lipinski definition) is 0. The van der Waals surface area contributed by atoms with E-state index in [1.807, 2.05) is 19.2 Å². The standard InChI is InChI=1S/C16H17Cl2N3S/c1-10-16(22-13-7-8-19-15(18)14(13)17)20-9-12(21-10)11-5-3-2-4-6-11/h7-9,11H,2-6H2,1H3. The molecule has 0 unspecified atom stereocenters. The number of aryl methyl sites for hydroxylation is 1. The summed E-state index contributed by atoms with van der Waals surface area (Å²) in [5, 5.41) is 1.64. The van der Waals surface area contributed by atoms with Crippen molar-refractivity contribution in [3.8, 4) is 0 Å². The first-order chi connectivity index (χ1) is 10.6. The molecule has 3 nitrogen and oxygen atoms in total. The molecule has 6 heteroatoms. The van der Waals surface area contributed by atoms with Gasteiger partial charge in [0.05, 0.1) is 22.6 Å². The smallest absolute Gasteiger partial charge is 0.148 e. The molecule has 0 spiro atoms. The predicted molar refractivity (Wildman–Crippen MR) is 91.0 cm³/mol. The fourth-order valence-electron chi connectivity index (χ4n) is 2.77. The SMILES string of the molecule is Cc1nc(C2CCCCC2)cnc1Sc1ccnc(Cl)c1Cl. The van der Waals surface area contributed by atoms with Crippen molar-refractivity contribution in [2.75, 3.05) is 0 Å². The highest BCUT2D eigenvalue weighted by molar-refractivity contribution is 7.99. The highest BCUT2D eigenvalue weighted by Gasteiger charge is 2.18. The first-order valence-corrected chi connectivity index (χ1v) is 9.04. The maximum atomic E-state index is 6.19. The monoisotopic (exact) mass is 353 g/mol. The van der Waals surface area contributed by atoms with Gasteiger partial charge in [0.1, 0.15) is 10.2 Å². The van der Waals surface area contributed by atoms with Gasteiger partial charge >= 0.3 is 0 Å². The van der Waals surface area contributed by atoms with Crippen molar-refractivity contribution in [3.63, 3.8) is 0 Å². The molecule has 22 heavy (non-hydrogen) atoms. The summed E-state index contributed by atoms with van der Waals surface area (Å²) in [5.41, 5.74) is 2.07. The average Bonchev–Trinajstić information content (AvgIpc) is 2.54. The molecule has 0 amide bonds. The first kappa shape index (κ1) is 16.0. The molecule has 0 aromatic carbocycles. The third-order valence-electron chi connectivity index (χ3n) is 3.96. The van der Waals surface area contributed by atoms with Gasteiger partial charge in [-0.15, -0.1) is 0 Å². The lowest BCUT2D eigenvalue weighted by Crippen LogP contribution is -2.08. The quantitative estimate of drug-likeness (QED) is 0.664. The van der Waals surface area contributed by atoms with Crippen molar-refractivity contribution < 1.29 is 0 Å². The molecule has 2 heterocycles. The molecule has 0 radical (unpaired) electrons. The average molecular weight is 354 g/mol. The van der Waals surface area contributed by atoms with Gasteiger partial charge in [0.25, 0.3) is 0 Å². The second kappa shape index (κ2) is 7.16. The molecule has 1 fully saturated rings. The zero-order valence-electron chi connectivity index (χ0n) is 12.4. The maximum Gasteiger partial charge on any atom is 0.148 e. The van der Waals surface area contributed by atoms with Crippen molar-refractivity contribution in [1.29, 1.82) is 0 Å². The van der Waals surface area contributed by atoms with E-state index in [4.69, 9.17) is 28.2 Å². The minimum absolute atomic E-state index is 0.316. The Morgan fingerprint density at radius 2 is 1.91 bits per heavy atom. The van der Waals surface area contributed by atoms with Crippen LogP contribution >= 0.6 is 35.0 Å². The van der Waals surface area contributed by atoms with Crippen LogP contribution < -0.4 is 0 Å². The molecule has 0 atom stereocenters. The summed E-state index contributed by atoms with van der Waals surface area (Å²) in [5.74, 6) is 0.568. The Labute approximate surface area is 144 Å². The van der Waals surface area contributed by atoms with Crippen LogP contribution in [0.4, 0.5) is 0 Å². The molecule has 116 valence electrons. The summed E-state index contributed by atoms with van der Waals surface area (Å²) in [4.78, 5) is 14.2. The van der Waals surface area contributed by atoms with Crippen molar-refractivity contribution in [2.45, 2.75) is 54.9 Å². The van der Waals surface area contributed by atoms with Crippen molar-refractivity contribution >= 4 is 35.0 Å². The minimum atomic E-state index is 0.316. The van der Waals surface area contributed by atoms with Gasteiger partial charge in [-0.2, -0.15) is 0 Å². The van der Waals surface area contributed by atoms with Crippen molar-refractivity contribution in [2.24, 2.45) is 0 Å². The molecule has 3 rings (SSSR count). The topological polar surface area (TPSA) is 38.7 Å². The van der Waals surface area contributed by atoms with Gasteiger partial charge < -0.3 is 0 Å². The zero-order chi connectivity index (χ0) is 15.5. The maximum absolute atomic E-state index is 6.19. The van der Waals surface area contributed by atoms with Gasteiger partial charge in [0, 0.05) is 17.0 Å². The number of nitrogens with zero attached hydrogens (tertiary/aromatic N) is 3. The zero-order valence-corrected chi connectivity index (χ0v) is 14.7. The molecule has 2 aromatic rings. The lowest BCUT2D eigenvalue weighted by atomic mass is 9.87. The molecular weight excluding hydrogens is 337 g/mol. The van der Waals surface area contributed by atoms with Crippen molar-refractivity contribution in [3.05, 3.63) is 40.0 Å². The van der Waals surface area contributed by atoms with Crippen LogP contribution in [0.3, 0.4) is 0 Å². The van der Waals surface area contributed by atoms with E-state index in [2.05, 4.69) is 9.97 Å². The van der Waals surface area contributed by atoms with E-state index in [-0.39, 0.29) is 0 Å². The van der Waals surface area contributed by atoms with Crippen LogP contribution in [0.1, 0.15) is 49.4 Å². The van der Waals surface area contributed by atoms with Crippen LogP contribution in [-0.2, 0) is 0 Å². The summed E-state index contributed by atoms with van der Waals surface area (Å²) in [6.07, 6.45) is 9.97. The largest absolute Gasteiger partial charge is 0.253 e. The normalized spacial score (nSPS) is 16.0. The number of aromatic nitrogens is 3. The molecule has 0 saturated heterocycles. The van der Waals surface area contributed by atoms with Gasteiger partial charge in [-0.05, 0) is 25.8 Å². The second-order valence-corrected chi connectivity index (χ2v) is 7.30. The number of halogens is 2. The highest BCUT2D eigenvalue weighted by atomic mass is 35.5. The Balaban J connectivity index is 1.81. The van der Waals surface area contributed by atoms with Gasteiger partial charge in [-0.3, -0.25) is 4.98 Å². The third-order valence-corrected chi connectivity index (χ3v) is 5.99. The molecular formula is C16H17Cl2N3S. The minimum Gasteiger partial charge on any atom is -0.253 e. The molecule has 0 bridgehead atoms. The van der Waals surface area contributed by atoms with Crippen LogP contribution in [-0.4, -0.2) is 15.0 Å². The summed E-state index contributed by atoms with van der Waals surface area (Å²) in [6, 6.07) is 1.84. The summed E-state index contributed by atoms with van der Waals surface area (Å²) in [6.45, 7) is 2.00. The molecule has 1 saturated carbocycles. The van der Waals surface area contributed by atoms with Gasteiger partial charge in [-0.25, -0.2) is 9.97 Å².